The monoisotopic (exact) mass is 289 g/mol. The maximum absolute atomic E-state index is 11.4. The number of piperazine rings is 1. The van der Waals surface area contributed by atoms with Crippen LogP contribution in [-0.4, -0.2) is 46.0 Å². The minimum absolute atomic E-state index is 0.0851. The summed E-state index contributed by atoms with van der Waals surface area (Å²) in [6.45, 7) is 6.36. The Hall–Kier alpha value is -2.15. The number of hydrogen-bond donors (Lipinski definition) is 0. The van der Waals surface area contributed by atoms with Crippen molar-refractivity contribution >= 4 is 5.82 Å². The Balaban J connectivity index is 1.59. The van der Waals surface area contributed by atoms with Crippen LogP contribution in [0.1, 0.15) is 11.5 Å². The molecule has 0 bridgehead atoms. The number of aromatic nitrogens is 3. The van der Waals surface area contributed by atoms with E-state index in [1.165, 1.54) is 4.68 Å². The van der Waals surface area contributed by atoms with Gasteiger partial charge in [0.2, 0.25) is 0 Å². The molecule has 1 saturated heterocycles. The van der Waals surface area contributed by atoms with E-state index >= 15 is 0 Å². The van der Waals surface area contributed by atoms with Gasteiger partial charge in [0.25, 0.3) is 5.56 Å². The average Bonchev–Trinajstić information content (AvgIpc) is 2.88. The molecule has 3 heterocycles. The van der Waals surface area contributed by atoms with Crippen LogP contribution in [0.25, 0.3) is 0 Å². The molecule has 1 fully saturated rings. The van der Waals surface area contributed by atoms with Crippen molar-refractivity contribution in [3.05, 3.63) is 40.0 Å². The zero-order valence-corrected chi connectivity index (χ0v) is 12.3. The van der Waals surface area contributed by atoms with Crippen molar-refractivity contribution in [3.8, 4) is 0 Å². The quantitative estimate of drug-likeness (QED) is 0.815. The minimum Gasteiger partial charge on any atom is -0.360 e. The second kappa shape index (κ2) is 5.69. The Bertz CT molecular complexity index is 670. The number of aryl methyl sites for hydroxylation is 2. The lowest BCUT2D eigenvalue weighted by atomic mass is 10.3. The summed E-state index contributed by atoms with van der Waals surface area (Å²) in [6.07, 6.45) is 0. The first-order chi connectivity index (χ1) is 10.1. The summed E-state index contributed by atoms with van der Waals surface area (Å²) in [6, 6.07) is 5.32. The van der Waals surface area contributed by atoms with Gasteiger partial charge < -0.3 is 9.42 Å². The van der Waals surface area contributed by atoms with Crippen molar-refractivity contribution in [2.45, 2.75) is 13.5 Å². The maximum atomic E-state index is 11.4. The maximum Gasteiger partial charge on any atom is 0.266 e. The molecule has 112 valence electrons. The molecule has 3 rings (SSSR count). The van der Waals surface area contributed by atoms with Crippen LogP contribution in [0.3, 0.4) is 0 Å². The molecule has 21 heavy (non-hydrogen) atoms. The summed E-state index contributed by atoms with van der Waals surface area (Å²) in [4.78, 5) is 15.9. The van der Waals surface area contributed by atoms with E-state index in [4.69, 9.17) is 4.52 Å². The Morgan fingerprint density at radius 2 is 2.00 bits per heavy atom. The summed E-state index contributed by atoms with van der Waals surface area (Å²) >= 11 is 0. The Morgan fingerprint density at radius 3 is 2.62 bits per heavy atom. The topological polar surface area (TPSA) is 67.4 Å². The lowest BCUT2D eigenvalue weighted by Gasteiger charge is -2.34. The standard InChI is InChI=1S/C14H19N5O2/c1-11-9-12(21-16-11)10-18-5-7-19(8-6-18)13-3-4-14(20)17(2)15-13/h3-4,9H,5-8,10H2,1-2H3. The Morgan fingerprint density at radius 1 is 1.24 bits per heavy atom. The first-order valence-electron chi connectivity index (χ1n) is 7.06. The number of anilines is 1. The molecule has 2 aromatic rings. The predicted molar refractivity (Wildman–Crippen MR) is 78.2 cm³/mol. The summed E-state index contributed by atoms with van der Waals surface area (Å²) < 4.78 is 6.63. The van der Waals surface area contributed by atoms with Gasteiger partial charge in [0.15, 0.2) is 5.76 Å². The molecular formula is C14H19N5O2. The highest BCUT2D eigenvalue weighted by molar-refractivity contribution is 5.37. The predicted octanol–water partition coefficient (Wildman–Crippen LogP) is 0.399. The average molecular weight is 289 g/mol. The van der Waals surface area contributed by atoms with Crippen LogP contribution in [0.15, 0.2) is 27.5 Å². The summed E-state index contributed by atoms with van der Waals surface area (Å²) in [7, 11) is 1.67. The van der Waals surface area contributed by atoms with Gasteiger partial charge in [-0.15, -0.1) is 0 Å². The van der Waals surface area contributed by atoms with Crippen molar-refractivity contribution < 1.29 is 4.52 Å². The summed E-state index contributed by atoms with van der Waals surface area (Å²) in [5, 5.41) is 8.20. The van der Waals surface area contributed by atoms with Gasteiger partial charge in [0.1, 0.15) is 5.82 Å². The van der Waals surface area contributed by atoms with Gasteiger partial charge in [-0.3, -0.25) is 9.69 Å². The van der Waals surface area contributed by atoms with Crippen LogP contribution in [-0.2, 0) is 13.6 Å². The number of nitrogens with zero attached hydrogens (tertiary/aromatic N) is 5. The molecule has 0 spiro atoms. The van der Waals surface area contributed by atoms with E-state index in [0.29, 0.717) is 0 Å². The SMILES string of the molecule is Cc1cc(CN2CCN(c3ccc(=O)n(C)n3)CC2)on1. The van der Waals surface area contributed by atoms with E-state index < -0.39 is 0 Å². The fraction of sp³-hybridized carbons (Fsp3) is 0.500. The third-order valence-corrected chi connectivity index (χ3v) is 3.70. The van der Waals surface area contributed by atoms with Gasteiger partial charge in [0.05, 0.1) is 12.2 Å². The highest BCUT2D eigenvalue weighted by atomic mass is 16.5. The lowest BCUT2D eigenvalue weighted by Crippen LogP contribution is -2.46. The zero-order valence-electron chi connectivity index (χ0n) is 12.3. The summed E-state index contributed by atoms with van der Waals surface area (Å²) in [5.74, 6) is 1.76. The fourth-order valence-electron chi connectivity index (χ4n) is 2.50. The fourth-order valence-corrected chi connectivity index (χ4v) is 2.50. The summed E-state index contributed by atoms with van der Waals surface area (Å²) in [5.41, 5.74) is 0.830. The largest absolute Gasteiger partial charge is 0.360 e. The molecule has 0 atom stereocenters. The van der Waals surface area contributed by atoms with Crippen molar-refractivity contribution in [1.82, 2.24) is 19.8 Å². The van der Waals surface area contributed by atoms with Gasteiger partial charge in [-0.25, -0.2) is 4.68 Å². The Labute approximate surface area is 122 Å². The molecule has 7 nitrogen and oxygen atoms in total. The third-order valence-electron chi connectivity index (χ3n) is 3.70. The van der Waals surface area contributed by atoms with Crippen LogP contribution in [0, 0.1) is 6.92 Å². The van der Waals surface area contributed by atoms with E-state index in [0.717, 1.165) is 50.0 Å². The highest BCUT2D eigenvalue weighted by Gasteiger charge is 2.19. The normalized spacial score (nSPS) is 16.4. The molecule has 0 N–H and O–H groups in total. The van der Waals surface area contributed by atoms with Crippen LogP contribution in [0.2, 0.25) is 0 Å². The molecule has 2 aromatic heterocycles. The first kappa shape index (κ1) is 13.8. The molecule has 1 aliphatic heterocycles. The molecule has 7 heteroatoms. The molecule has 0 aromatic carbocycles. The van der Waals surface area contributed by atoms with Gasteiger partial charge in [0, 0.05) is 45.4 Å². The van der Waals surface area contributed by atoms with Crippen LogP contribution < -0.4 is 10.5 Å². The van der Waals surface area contributed by atoms with Crippen molar-refractivity contribution in [2.75, 3.05) is 31.1 Å². The number of rotatable bonds is 3. The van der Waals surface area contributed by atoms with E-state index in [-0.39, 0.29) is 5.56 Å². The van der Waals surface area contributed by atoms with Gasteiger partial charge >= 0.3 is 0 Å². The molecular weight excluding hydrogens is 270 g/mol. The van der Waals surface area contributed by atoms with Gasteiger partial charge in [-0.1, -0.05) is 5.16 Å². The van der Waals surface area contributed by atoms with E-state index in [9.17, 15) is 4.79 Å². The van der Waals surface area contributed by atoms with E-state index in [1.54, 1.807) is 19.2 Å². The van der Waals surface area contributed by atoms with Crippen LogP contribution in [0.4, 0.5) is 5.82 Å². The Kier molecular flexibility index (Phi) is 3.74. The molecule has 1 aliphatic rings. The van der Waals surface area contributed by atoms with Crippen molar-refractivity contribution in [1.29, 1.82) is 0 Å². The van der Waals surface area contributed by atoms with Crippen LogP contribution >= 0.6 is 0 Å². The van der Waals surface area contributed by atoms with Gasteiger partial charge in [-0.2, -0.15) is 5.10 Å². The first-order valence-corrected chi connectivity index (χ1v) is 7.06. The smallest absolute Gasteiger partial charge is 0.266 e. The van der Waals surface area contributed by atoms with Gasteiger partial charge in [-0.05, 0) is 13.0 Å². The zero-order chi connectivity index (χ0) is 14.8. The molecule has 0 aliphatic carbocycles. The van der Waals surface area contributed by atoms with Crippen LogP contribution in [0.5, 0.6) is 0 Å². The molecule has 0 amide bonds. The lowest BCUT2D eigenvalue weighted by molar-refractivity contribution is 0.219. The minimum atomic E-state index is -0.0851. The highest BCUT2D eigenvalue weighted by Crippen LogP contribution is 2.14. The number of hydrogen-bond acceptors (Lipinski definition) is 6. The van der Waals surface area contributed by atoms with E-state index in [2.05, 4.69) is 20.1 Å². The second-order valence-electron chi connectivity index (χ2n) is 5.35. The molecule has 0 unspecified atom stereocenters. The molecule has 0 saturated carbocycles. The van der Waals surface area contributed by atoms with Crippen molar-refractivity contribution in [3.63, 3.8) is 0 Å². The molecule has 0 radical (unpaired) electrons. The second-order valence-corrected chi connectivity index (χ2v) is 5.35. The van der Waals surface area contributed by atoms with E-state index in [1.807, 2.05) is 13.0 Å². The van der Waals surface area contributed by atoms with Crippen molar-refractivity contribution in [2.24, 2.45) is 7.05 Å². The third kappa shape index (κ3) is 3.13.